The van der Waals surface area contributed by atoms with Crippen molar-refractivity contribution >= 4 is 33.6 Å². The molecule has 216 valence electrons. The molecule has 1 saturated heterocycles. The minimum Gasteiger partial charge on any atom is -0.408 e. The molecule has 10 heteroatoms. The number of hydrogen-bond donors (Lipinski definition) is 2. The summed E-state index contributed by atoms with van der Waals surface area (Å²) in [7, 11) is 0. The van der Waals surface area contributed by atoms with Gasteiger partial charge in [-0.05, 0) is 29.7 Å². The van der Waals surface area contributed by atoms with Gasteiger partial charge in [-0.3, -0.25) is 15.2 Å². The van der Waals surface area contributed by atoms with Crippen LogP contribution < -0.4 is 11.1 Å². The first kappa shape index (κ1) is 27.9. The smallest absolute Gasteiger partial charge is 0.408 e. The molecule has 2 N–H and O–H groups in total. The second-order valence-electron chi connectivity index (χ2n) is 10.3. The van der Waals surface area contributed by atoms with E-state index in [1.165, 1.54) is 22.5 Å². The molecule has 0 bridgehead atoms. The minimum absolute atomic E-state index is 0.168. The van der Waals surface area contributed by atoms with E-state index in [1.807, 2.05) is 28.5 Å². The normalized spacial score (nSPS) is 13.9. The molecule has 0 atom stereocenters. The number of nitrogens with zero attached hydrogens (tertiary/aromatic N) is 3. The van der Waals surface area contributed by atoms with Crippen molar-refractivity contribution in [3.05, 3.63) is 106 Å². The van der Waals surface area contributed by atoms with Crippen molar-refractivity contribution in [3.63, 3.8) is 0 Å². The Labute approximate surface area is 247 Å². The Kier molecular flexibility index (Phi) is 8.74. The van der Waals surface area contributed by atoms with Crippen LogP contribution in [0, 0.1) is 0 Å². The molecule has 0 aliphatic carbocycles. The average molecular weight is 584 g/mol. The fraction of sp³-hybridized carbons (Fsp3) is 0.281. The third kappa shape index (κ3) is 6.79. The number of oxazole rings is 1. The summed E-state index contributed by atoms with van der Waals surface area (Å²) in [4.78, 5) is 36.8. The van der Waals surface area contributed by atoms with Gasteiger partial charge >= 0.3 is 11.8 Å². The Morgan fingerprint density at radius 2 is 1.71 bits per heavy atom. The van der Waals surface area contributed by atoms with Crippen molar-refractivity contribution in [3.8, 4) is 11.3 Å². The van der Waals surface area contributed by atoms with E-state index >= 15 is 0 Å². The highest BCUT2D eigenvalue weighted by atomic mass is 32.1. The van der Waals surface area contributed by atoms with Gasteiger partial charge in [-0.1, -0.05) is 66.7 Å². The summed E-state index contributed by atoms with van der Waals surface area (Å²) in [5.41, 5.74) is 5.08. The summed E-state index contributed by atoms with van der Waals surface area (Å²) in [5, 5.41) is 5.44. The fourth-order valence-electron chi connectivity index (χ4n) is 5.32. The molecule has 5 aromatic rings. The largest absolute Gasteiger partial charge is 0.417 e. The Bertz CT molecular complexity index is 1620. The molecule has 1 fully saturated rings. The lowest BCUT2D eigenvalue weighted by Crippen LogP contribution is -2.44. The van der Waals surface area contributed by atoms with Gasteiger partial charge in [0.2, 0.25) is 0 Å². The maximum atomic E-state index is 13.7. The van der Waals surface area contributed by atoms with Crippen LogP contribution in [0.3, 0.4) is 0 Å². The number of carbonyl (C=O) groups is 1. The van der Waals surface area contributed by atoms with Crippen molar-refractivity contribution in [2.24, 2.45) is 0 Å². The van der Waals surface area contributed by atoms with Gasteiger partial charge in [0, 0.05) is 49.6 Å². The molecule has 2 amide bonds. The summed E-state index contributed by atoms with van der Waals surface area (Å²) in [6.07, 6.45) is 0.787. The van der Waals surface area contributed by atoms with Crippen LogP contribution in [0.5, 0.6) is 0 Å². The highest BCUT2D eigenvalue weighted by molar-refractivity contribution is 7.14. The summed E-state index contributed by atoms with van der Waals surface area (Å²) in [5.74, 6) is -0.326. The van der Waals surface area contributed by atoms with E-state index in [4.69, 9.17) is 9.15 Å². The van der Waals surface area contributed by atoms with Crippen molar-refractivity contribution < 1.29 is 13.9 Å². The van der Waals surface area contributed by atoms with Crippen molar-refractivity contribution in [2.75, 3.05) is 51.3 Å². The van der Waals surface area contributed by atoms with E-state index in [9.17, 15) is 9.59 Å². The van der Waals surface area contributed by atoms with Gasteiger partial charge in [-0.15, -0.1) is 11.3 Å². The highest BCUT2D eigenvalue weighted by Crippen LogP contribution is 2.29. The first-order chi connectivity index (χ1) is 20.6. The molecule has 1 aliphatic heterocycles. The van der Waals surface area contributed by atoms with Crippen LogP contribution in [0.1, 0.15) is 23.5 Å². The maximum Gasteiger partial charge on any atom is 0.417 e. The third-order valence-corrected chi connectivity index (χ3v) is 8.36. The maximum absolute atomic E-state index is 13.7. The number of urea groups is 1. The number of H-pyrrole nitrogens is 1. The summed E-state index contributed by atoms with van der Waals surface area (Å²) < 4.78 is 10.7. The van der Waals surface area contributed by atoms with Gasteiger partial charge in [0.05, 0.1) is 24.4 Å². The highest BCUT2D eigenvalue weighted by Gasteiger charge is 2.21. The molecular formula is C32H33N5O4S. The van der Waals surface area contributed by atoms with E-state index in [0.29, 0.717) is 35.0 Å². The Hall–Kier alpha value is -4.25. The molecule has 3 heterocycles. The number of amides is 2. The lowest BCUT2D eigenvalue weighted by atomic mass is 9.88. The van der Waals surface area contributed by atoms with Gasteiger partial charge in [-0.2, -0.15) is 0 Å². The number of aromatic nitrogens is 2. The van der Waals surface area contributed by atoms with Gasteiger partial charge in [0.1, 0.15) is 0 Å². The number of aromatic amines is 1. The SMILES string of the molecule is O=C(Nc1nc(-c2ccc3[nH]c(=O)oc3c2)cs1)N(CCC(c1ccccc1)c1ccccc1)CCN1CCOCC1. The number of rotatable bonds is 10. The number of anilines is 1. The molecule has 1 aliphatic rings. The zero-order valence-electron chi connectivity index (χ0n) is 23.2. The molecule has 0 spiro atoms. The Morgan fingerprint density at radius 1 is 1.00 bits per heavy atom. The van der Waals surface area contributed by atoms with Crippen LogP contribution >= 0.6 is 11.3 Å². The van der Waals surface area contributed by atoms with Crippen LogP contribution in [0.2, 0.25) is 0 Å². The predicted octanol–water partition coefficient (Wildman–Crippen LogP) is 5.63. The summed E-state index contributed by atoms with van der Waals surface area (Å²) >= 11 is 1.37. The van der Waals surface area contributed by atoms with Crippen LogP contribution in [0.15, 0.2) is 93.5 Å². The first-order valence-corrected chi connectivity index (χ1v) is 15.0. The number of ether oxygens (including phenoxy) is 1. The molecule has 0 radical (unpaired) electrons. The molecule has 0 saturated carbocycles. The summed E-state index contributed by atoms with van der Waals surface area (Å²) in [6, 6.07) is 26.2. The molecule has 6 rings (SSSR count). The van der Waals surface area contributed by atoms with Crippen molar-refractivity contribution in [1.29, 1.82) is 0 Å². The molecular weight excluding hydrogens is 550 g/mol. The van der Waals surface area contributed by atoms with Gasteiger partial charge in [0.25, 0.3) is 0 Å². The van der Waals surface area contributed by atoms with E-state index in [2.05, 4.69) is 68.7 Å². The number of morpholine rings is 1. The molecule has 2 aromatic heterocycles. The monoisotopic (exact) mass is 583 g/mol. The fourth-order valence-corrected chi connectivity index (χ4v) is 6.03. The second-order valence-corrected chi connectivity index (χ2v) is 11.2. The average Bonchev–Trinajstić information content (AvgIpc) is 3.65. The predicted molar refractivity (Wildman–Crippen MR) is 165 cm³/mol. The van der Waals surface area contributed by atoms with E-state index in [-0.39, 0.29) is 11.9 Å². The standard InChI is InChI=1S/C32H33N5O4S/c38-31(35-30-33-28(22-42-30)25-11-12-27-29(21-25)41-32(39)34-27)37(16-15-36-17-19-40-20-18-36)14-13-26(23-7-3-1-4-8-23)24-9-5-2-6-10-24/h1-12,21-22,26H,13-20H2,(H,34,39)(H,33,35,38). The number of benzene rings is 3. The van der Waals surface area contributed by atoms with Crippen LogP contribution in [-0.2, 0) is 4.74 Å². The minimum atomic E-state index is -0.493. The number of nitrogens with one attached hydrogen (secondary N) is 2. The zero-order valence-corrected chi connectivity index (χ0v) is 24.0. The topological polar surface area (TPSA) is 104 Å². The van der Waals surface area contributed by atoms with Gasteiger partial charge < -0.3 is 14.1 Å². The number of fused-ring (bicyclic) bond motifs is 1. The first-order valence-electron chi connectivity index (χ1n) is 14.2. The van der Waals surface area contributed by atoms with Crippen LogP contribution in [0.25, 0.3) is 22.4 Å². The van der Waals surface area contributed by atoms with Crippen molar-refractivity contribution in [1.82, 2.24) is 19.8 Å². The third-order valence-electron chi connectivity index (χ3n) is 7.60. The van der Waals surface area contributed by atoms with Gasteiger partial charge in [0.15, 0.2) is 10.7 Å². The molecule has 3 aromatic carbocycles. The Morgan fingerprint density at radius 3 is 2.43 bits per heavy atom. The van der Waals surface area contributed by atoms with Crippen LogP contribution in [0.4, 0.5) is 9.93 Å². The number of thiazole rings is 1. The second kappa shape index (κ2) is 13.2. The lowest BCUT2D eigenvalue weighted by Gasteiger charge is -2.31. The quantitative estimate of drug-likeness (QED) is 0.221. The Balaban J connectivity index is 1.18. The van der Waals surface area contributed by atoms with E-state index in [1.54, 1.807) is 12.1 Å². The zero-order chi connectivity index (χ0) is 28.7. The van der Waals surface area contributed by atoms with Gasteiger partial charge in [-0.25, -0.2) is 14.6 Å². The summed E-state index contributed by atoms with van der Waals surface area (Å²) in [6.45, 7) is 5.14. The van der Waals surface area contributed by atoms with E-state index < -0.39 is 5.76 Å². The molecule has 9 nitrogen and oxygen atoms in total. The lowest BCUT2D eigenvalue weighted by molar-refractivity contribution is 0.0351. The molecule has 0 unspecified atom stereocenters. The number of carbonyl (C=O) groups excluding carboxylic acids is 1. The molecule has 42 heavy (non-hydrogen) atoms. The van der Waals surface area contributed by atoms with E-state index in [0.717, 1.165) is 44.8 Å². The van der Waals surface area contributed by atoms with Crippen molar-refractivity contribution in [2.45, 2.75) is 12.3 Å². The van der Waals surface area contributed by atoms with Crippen LogP contribution in [-0.4, -0.2) is 71.7 Å². The number of hydrogen-bond acceptors (Lipinski definition) is 7.